The Bertz CT molecular complexity index is 603. The van der Waals surface area contributed by atoms with E-state index >= 15 is 0 Å². The Labute approximate surface area is 120 Å². The maximum atomic E-state index is 11.7. The van der Waals surface area contributed by atoms with Crippen LogP contribution in [0.3, 0.4) is 0 Å². The van der Waals surface area contributed by atoms with Gasteiger partial charge in [-0.3, -0.25) is 4.79 Å². The number of fused-ring (bicyclic) bond motifs is 1. The number of nitrogen functional groups attached to an aromatic ring is 1. The van der Waals surface area contributed by atoms with E-state index in [2.05, 4.69) is 15.3 Å². The molecule has 19 heavy (non-hydrogen) atoms. The fourth-order valence-corrected chi connectivity index (χ4v) is 2.99. The lowest BCUT2D eigenvalue weighted by Gasteiger charge is -2.20. The second-order valence-corrected chi connectivity index (χ2v) is 6.95. The van der Waals surface area contributed by atoms with Crippen LogP contribution in [0.5, 0.6) is 0 Å². The molecule has 0 unspecified atom stereocenters. The summed E-state index contributed by atoms with van der Waals surface area (Å²) in [5, 5.41) is 6.23. The summed E-state index contributed by atoms with van der Waals surface area (Å²) in [6.45, 7) is 5.84. The lowest BCUT2D eigenvalue weighted by Crippen LogP contribution is -2.41. The molecule has 0 fully saturated rings. The summed E-state index contributed by atoms with van der Waals surface area (Å²) in [5.74, 6) is 0.712. The molecule has 0 aliphatic carbocycles. The number of amides is 1. The lowest BCUT2D eigenvalue weighted by molar-refractivity contribution is -0.119. The van der Waals surface area contributed by atoms with Gasteiger partial charge in [0.2, 0.25) is 5.91 Å². The molecule has 0 atom stereocenters. The summed E-state index contributed by atoms with van der Waals surface area (Å²) < 4.78 is 0. The number of thioether (sulfide) groups is 1. The molecular weight excluding hydrogens is 280 g/mol. The van der Waals surface area contributed by atoms with Gasteiger partial charge in [0.15, 0.2) is 5.16 Å². The van der Waals surface area contributed by atoms with E-state index in [0.717, 1.165) is 10.2 Å². The number of anilines is 1. The van der Waals surface area contributed by atoms with Gasteiger partial charge in [-0.25, -0.2) is 9.97 Å². The molecule has 0 radical (unpaired) electrons. The van der Waals surface area contributed by atoms with Gasteiger partial charge in [-0.15, -0.1) is 11.3 Å². The summed E-state index contributed by atoms with van der Waals surface area (Å²) in [7, 11) is 0. The number of nitrogens with one attached hydrogen (secondary N) is 1. The highest BCUT2D eigenvalue weighted by Gasteiger charge is 2.15. The van der Waals surface area contributed by atoms with E-state index in [1.165, 1.54) is 23.1 Å². The average molecular weight is 296 g/mol. The molecular formula is C12H16N4OS2. The molecule has 0 aromatic carbocycles. The SMILES string of the molecule is CC(C)(C)NC(=O)CSc1nc(N)c2ccsc2n1. The summed E-state index contributed by atoms with van der Waals surface area (Å²) in [6, 6.07) is 1.90. The number of nitrogens with zero attached hydrogens (tertiary/aromatic N) is 2. The average Bonchev–Trinajstić information content (AvgIpc) is 2.72. The molecule has 0 spiro atoms. The Morgan fingerprint density at radius 1 is 1.47 bits per heavy atom. The third-order valence-electron chi connectivity index (χ3n) is 2.18. The molecule has 102 valence electrons. The van der Waals surface area contributed by atoms with Gasteiger partial charge < -0.3 is 11.1 Å². The topological polar surface area (TPSA) is 80.9 Å². The van der Waals surface area contributed by atoms with Crippen LogP contribution in [0.2, 0.25) is 0 Å². The number of nitrogens with two attached hydrogens (primary N) is 1. The third kappa shape index (κ3) is 3.81. The largest absolute Gasteiger partial charge is 0.383 e. The van der Waals surface area contributed by atoms with Crippen molar-refractivity contribution >= 4 is 45.0 Å². The molecule has 3 N–H and O–H groups in total. The van der Waals surface area contributed by atoms with Crippen molar-refractivity contribution < 1.29 is 4.79 Å². The Hall–Kier alpha value is -1.34. The maximum absolute atomic E-state index is 11.7. The van der Waals surface area contributed by atoms with Crippen LogP contribution in [-0.4, -0.2) is 27.2 Å². The minimum absolute atomic E-state index is 0.0362. The van der Waals surface area contributed by atoms with Gasteiger partial charge in [0.1, 0.15) is 10.6 Å². The molecule has 0 aliphatic rings. The van der Waals surface area contributed by atoms with Crippen LogP contribution in [0.25, 0.3) is 10.2 Å². The number of rotatable bonds is 3. The van der Waals surface area contributed by atoms with Crippen LogP contribution in [0.1, 0.15) is 20.8 Å². The monoisotopic (exact) mass is 296 g/mol. The van der Waals surface area contributed by atoms with Crippen molar-refractivity contribution in [2.45, 2.75) is 31.5 Å². The smallest absolute Gasteiger partial charge is 0.230 e. The quantitative estimate of drug-likeness (QED) is 0.671. The molecule has 2 rings (SSSR count). The van der Waals surface area contributed by atoms with Gasteiger partial charge in [0.25, 0.3) is 0 Å². The van der Waals surface area contributed by atoms with Gasteiger partial charge in [-0.2, -0.15) is 0 Å². The molecule has 0 aliphatic heterocycles. The molecule has 0 saturated carbocycles. The van der Waals surface area contributed by atoms with Gasteiger partial charge in [-0.05, 0) is 32.2 Å². The van der Waals surface area contributed by atoms with Crippen LogP contribution in [0.4, 0.5) is 5.82 Å². The summed E-state index contributed by atoms with van der Waals surface area (Å²) in [4.78, 5) is 21.1. The van der Waals surface area contributed by atoms with Gasteiger partial charge >= 0.3 is 0 Å². The molecule has 2 aromatic rings. The first kappa shape index (κ1) is 14.1. The van der Waals surface area contributed by atoms with Crippen molar-refractivity contribution in [3.05, 3.63) is 11.4 Å². The number of hydrogen-bond acceptors (Lipinski definition) is 6. The Morgan fingerprint density at radius 2 is 2.21 bits per heavy atom. The highest BCUT2D eigenvalue weighted by atomic mass is 32.2. The van der Waals surface area contributed by atoms with E-state index in [-0.39, 0.29) is 17.2 Å². The predicted octanol–water partition coefficient (Wildman–Crippen LogP) is 2.28. The number of thiophene rings is 1. The van der Waals surface area contributed by atoms with Crippen molar-refractivity contribution in [2.24, 2.45) is 0 Å². The summed E-state index contributed by atoms with van der Waals surface area (Å²) >= 11 is 2.81. The fraction of sp³-hybridized carbons (Fsp3) is 0.417. The number of carbonyl (C=O) groups excluding carboxylic acids is 1. The second-order valence-electron chi connectivity index (χ2n) is 5.12. The van der Waals surface area contributed by atoms with E-state index in [0.29, 0.717) is 11.0 Å². The van der Waals surface area contributed by atoms with E-state index in [1.54, 1.807) is 0 Å². The molecule has 1 amide bonds. The number of aromatic nitrogens is 2. The van der Waals surface area contributed by atoms with Crippen LogP contribution in [0.15, 0.2) is 16.6 Å². The van der Waals surface area contributed by atoms with E-state index in [9.17, 15) is 4.79 Å². The highest BCUT2D eigenvalue weighted by Crippen LogP contribution is 2.26. The van der Waals surface area contributed by atoms with Crippen molar-refractivity contribution in [3.8, 4) is 0 Å². The first-order valence-corrected chi connectivity index (χ1v) is 7.66. The molecule has 0 bridgehead atoms. The van der Waals surface area contributed by atoms with Gasteiger partial charge in [-0.1, -0.05) is 11.8 Å². The zero-order valence-corrected chi connectivity index (χ0v) is 12.7. The van der Waals surface area contributed by atoms with E-state index in [4.69, 9.17) is 5.73 Å². The Balaban J connectivity index is 2.04. The minimum atomic E-state index is -0.227. The standard InChI is InChI=1S/C12H16N4OS2/c1-12(2,3)16-8(17)6-19-11-14-9(13)7-4-5-18-10(7)15-11/h4-5H,6H2,1-3H3,(H,16,17)(H2,13,14,15). The normalized spacial score (nSPS) is 11.7. The lowest BCUT2D eigenvalue weighted by atomic mass is 10.1. The van der Waals surface area contributed by atoms with Crippen LogP contribution >= 0.6 is 23.1 Å². The molecule has 0 saturated heterocycles. The highest BCUT2D eigenvalue weighted by molar-refractivity contribution is 7.99. The van der Waals surface area contributed by atoms with Crippen molar-refractivity contribution in [2.75, 3.05) is 11.5 Å². The predicted molar refractivity (Wildman–Crippen MR) is 80.4 cm³/mol. The van der Waals surface area contributed by atoms with Crippen LogP contribution in [0, 0.1) is 0 Å². The molecule has 2 heterocycles. The molecule has 2 aromatic heterocycles. The zero-order chi connectivity index (χ0) is 14.0. The first-order chi connectivity index (χ1) is 8.85. The summed E-state index contributed by atoms with van der Waals surface area (Å²) in [5.41, 5.74) is 5.62. The molecule has 5 nitrogen and oxygen atoms in total. The van der Waals surface area contributed by atoms with Gasteiger partial charge in [0, 0.05) is 5.54 Å². The Morgan fingerprint density at radius 3 is 2.89 bits per heavy atom. The first-order valence-electron chi connectivity index (χ1n) is 5.80. The van der Waals surface area contributed by atoms with E-state index < -0.39 is 0 Å². The number of carbonyl (C=O) groups is 1. The van der Waals surface area contributed by atoms with Crippen molar-refractivity contribution in [1.82, 2.24) is 15.3 Å². The maximum Gasteiger partial charge on any atom is 0.230 e. The third-order valence-corrected chi connectivity index (χ3v) is 3.83. The summed E-state index contributed by atoms with van der Waals surface area (Å²) in [6.07, 6.45) is 0. The molecule has 7 heteroatoms. The second kappa shape index (κ2) is 5.34. The fourth-order valence-electron chi connectivity index (χ4n) is 1.51. The zero-order valence-electron chi connectivity index (χ0n) is 11.1. The van der Waals surface area contributed by atoms with Crippen LogP contribution < -0.4 is 11.1 Å². The van der Waals surface area contributed by atoms with Crippen molar-refractivity contribution in [1.29, 1.82) is 0 Å². The van der Waals surface area contributed by atoms with Gasteiger partial charge in [0.05, 0.1) is 11.1 Å². The van der Waals surface area contributed by atoms with Crippen molar-refractivity contribution in [3.63, 3.8) is 0 Å². The van der Waals surface area contributed by atoms with Crippen LogP contribution in [-0.2, 0) is 4.79 Å². The number of hydrogen-bond donors (Lipinski definition) is 2. The van der Waals surface area contributed by atoms with E-state index in [1.807, 2.05) is 32.2 Å². The Kier molecular flexibility index (Phi) is 3.96. The minimum Gasteiger partial charge on any atom is -0.383 e.